The molecule has 2 atom stereocenters. The number of carbonyl (C=O) groups is 1. The molecule has 0 radical (unpaired) electrons. The average molecular weight is 294 g/mol. The van der Waals surface area contributed by atoms with E-state index in [0.29, 0.717) is 31.7 Å². The quantitative estimate of drug-likeness (QED) is 0.835. The van der Waals surface area contributed by atoms with Crippen molar-refractivity contribution in [2.45, 2.75) is 32.2 Å². The summed E-state index contributed by atoms with van der Waals surface area (Å²) in [4.78, 5) is 26.1. The Hall–Kier alpha value is -1.86. The topological polar surface area (TPSA) is 81.0 Å². The van der Waals surface area contributed by atoms with Gasteiger partial charge in [-0.05, 0) is 13.3 Å². The van der Waals surface area contributed by atoms with Crippen LogP contribution in [0.15, 0.2) is 11.0 Å². The van der Waals surface area contributed by atoms with Crippen LogP contribution in [0.5, 0.6) is 5.75 Å². The number of pyridine rings is 1. The molecular formula is C14H18N2O5. The predicted molar refractivity (Wildman–Crippen MR) is 73.3 cm³/mol. The first-order valence-corrected chi connectivity index (χ1v) is 6.90. The third kappa shape index (κ3) is 2.13. The smallest absolute Gasteiger partial charge is 0.276 e. The number of nitrogens with zero attached hydrogens (tertiary/aromatic N) is 2. The molecule has 0 saturated carbocycles. The molecular weight excluding hydrogens is 276 g/mol. The fraction of sp³-hybridized carbons (Fsp3) is 0.571. The van der Waals surface area contributed by atoms with Crippen molar-refractivity contribution in [3.63, 3.8) is 0 Å². The van der Waals surface area contributed by atoms with Crippen LogP contribution in [0.1, 0.15) is 22.5 Å². The Bertz CT molecular complexity index is 637. The second-order valence-electron chi connectivity index (χ2n) is 5.43. The van der Waals surface area contributed by atoms with Crippen LogP contribution in [0, 0.1) is 6.92 Å². The van der Waals surface area contributed by atoms with Gasteiger partial charge in [0, 0.05) is 18.9 Å². The van der Waals surface area contributed by atoms with Crippen molar-refractivity contribution < 1.29 is 19.4 Å². The number of methoxy groups -OCH3 is 1. The maximum absolute atomic E-state index is 12.7. The number of carbonyl (C=O) groups excluding carboxylic acids is 1. The van der Waals surface area contributed by atoms with Gasteiger partial charge in [-0.2, -0.15) is 0 Å². The van der Waals surface area contributed by atoms with Gasteiger partial charge in [0.1, 0.15) is 0 Å². The molecule has 0 spiro atoms. The Labute approximate surface area is 121 Å². The Morgan fingerprint density at radius 2 is 2.24 bits per heavy atom. The van der Waals surface area contributed by atoms with E-state index in [1.54, 1.807) is 29.7 Å². The lowest BCUT2D eigenvalue weighted by Crippen LogP contribution is -2.58. The van der Waals surface area contributed by atoms with E-state index < -0.39 is 11.2 Å². The first kappa shape index (κ1) is 14.1. The zero-order chi connectivity index (χ0) is 15.1. The van der Waals surface area contributed by atoms with Crippen LogP contribution in [-0.2, 0) is 16.0 Å². The molecule has 3 heterocycles. The molecule has 7 heteroatoms. The molecule has 1 N–H and O–H groups in total. The standard InChI is InChI=1S/C14H18N2O5/c1-8-5-15-6-10-16(9(7-20-2)3-4-21-10)14(19)11(15)13(18)12(8)17/h5,9-10,18H,3-4,6-7H2,1-2H3/t9-,10-/m0/s1. The van der Waals surface area contributed by atoms with Crippen molar-refractivity contribution in [2.24, 2.45) is 0 Å². The molecule has 1 aromatic rings. The molecule has 114 valence electrons. The van der Waals surface area contributed by atoms with Crippen molar-refractivity contribution in [3.05, 3.63) is 27.7 Å². The van der Waals surface area contributed by atoms with Crippen molar-refractivity contribution in [2.75, 3.05) is 20.3 Å². The number of rotatable bonds is 2. The van der Waals surface area contributed by atoms with Gasteiger partial charge in [0.25, 0.3) is 5.91 Å². The third-order valence-corrected chi connectivity index (χ3v) is 4.05. The van der Waals surface area contributed by atoms with Crippen molar-refractivity contribution in [1.82, 2.24) is 9.47 Å². The first-order chi connectivity index (χ1) is 10.0. The number of fused-ring (bicyclic) bond motifs is 2. The second kappa shape index (κ2) is 5.16. The summed E-state index contributed by atoms with van der Waals surface area (Å²) in [5, 5.41) is 10.0. The van der Waals surface area contributed by atoms with Gasteiger partial charge in [-0.3, -0.25) is 9.59 Å². The summed E-state index contributed by atoms with van der Waals surface area (Å²) in [6, 6.07) is -0.106. The summed E-state index contributed by atoms with van der Waals surface area (Å²) >= 11 is 0. The first-order valence-electron chi connectivity index (χ1n) is 6.90. The summed E-state index contributed by atoms with van der Waals surface area (Å²) in [6.07, 6.45) is 1.88. The van der Waals surface area contributed by atoms with Crippen LogP contribution >= 0.6 is 0 Å². The summed E-state index contributed by atoms with van der Waals surface area (Å²) in [5.41, 5.74) is -0.0653. The maximum Gasteiger partial charge on any atom is 0.276 e. The van der Waals surface area contributed by atoms with E-state index in [1.165, 1.54) is 0 Å². The number of aromatic nitrogens is 1. The fourth-order valence-corrected chi connectivity index (χ4v) is 3.03. The molecule has 0 aliphatic carbocycles. The third-order valence-electron chi connectivity index (χ3n) is 4.05. The van der Waals surface area contributed by atoms with E-state index in [-0.39, 0.29) is 23.9 Å². The lowest BCUT2D eigenvalue weighted by atomic mass is 10.1. The Morgan fingerprint density at radius 1 is 1.48 bits per heavy atom. The van der Waals surface area contributed by atoms with Gasteiger partial charge in [-0.15, -0.1) is 0 Å². The van der Waals surface area contributed by atoms with Crippen molar-refractivity contribution in [3.8, 4) is 5.75 Å². The molecule has 0 bridgehead atoms. The normalized spacial score (nSPS) is 24.7. The number of aromatic hydroxyl groups is 1. The summed E-state index contributed by atoms with van der Waals surface area (Å²) in [7, 11) is 1.58. The average Bonchev–Trinajstić information content (AvgIpc) is 2.45. The highest BCUT2D eigenvalue weighted by molar-refractivity contribution is 5.96. The van der Waals surface area contributed by atoms with Crippen LogP contribution < -0.4 is 5.43 Å². The largest absolute Gasteiger partial charge is 0.503 e. The Kier molecular flexibility index (Phi) is 3.46. The van der Waals surface area contributed by atoms with E-state index in [0.717, 1.165) is 0 Å². The number of hydrogen-bond donors (Lipinski definition) is 1. The molecule has 0 aromatic carbocycles. The molecule has 3 rings (SSSR count). The van der Waals surface area contributed by atoms with Crippen LogP contribution in [0.25, 0.3) is 0 Å². The molecule has 1 amide bonds. The number of amides is 1. The molecule has 2 aliphatic rings. The van der Waals surface area contributed by atoms with Crippen molar-refractivity contribution >= 4 is 5.91 Å². The van der Waals surface area contributed by atoms with Crippen molar-refractivity contribution in [1.29, 1.82) is 0 Å². The number of aryl methyl sites for hydroxylation is 1. The van der Waals surface area contributed by atoms with Crippen LogP contribution in [0.2, 0.25) is 0 Å². The number of ether oxygens (including phenoxy) is 2. The van der Waals surface area contributed by atoms with Gasteiger partial charge in [0.15, 0.2) is 17.7 Å². The lowest BCUT2D eigenvalue weighted by Gasteiger charge is -2.45. The van der Waals surface area contributed by atoms with Gasteiger partial charge in [-0.1, -0.05) is 0 Å². The van der Waals surface area contributed by atoms with Gasteiger partial charge < -0.3 is 24.0 Å². The highest BCUT2D eigenvalue weighted by atomic mass is 16.5. The number of hydrogen-bond acceptors (Lipinski definition) is 5. The van der Waals surface area contributed by atoms with Crippen LogP contribution in [-0.4, -0.2) is 53.1 Å². The summed E-state index contributed by atoms with van der Waals surface area (Å²) in [5.74, 6) is -0.872. The fourth-order valence-electron chi connectivity index (χ4n) is 3.03. The SMILES string of the molecule is COC[C@@H]1CCO[C@H]2Cn3cc(C)c(=O)c(O)c3C(=O)N12. The van der Waals surface area contributed by atoms with E-state index in [9.17, 15) is 14.7 Å². The van der Waals surface area contributed by atoms with E-state index in [1.807, 2.05) is 0 Å². The molecule has 1 saturated heterocycles. The minimum Gasteiger partial charge on any atom is -0.503 e. The zero-order valence-corrected chi connectivity index (χ0v) is 12.0. The zero-order valence-electron chi connectivity index (χ0n) is 12.0. The van der Waals surface area contributed by atoms with E-state index in [4.69, 9.17) is 9.47 Å². The van der Waals surface area contributed by atoms with Gasteiger partial charge in [0.2, 0.25) is 5.43 Å². The molecule has 0 unspecified atom stereocenters. The summed E-state index contributed by atoms with van der Waals surface area (Å²) in [6.45, 7) is 2.98. The van der Waals surface area contributed by atoms with Gasteiger partial charge >= 0.3 is 0 Å². The van der Waals surface area contributed by atoms with Crippen LogP contribution in [0.4, 0.5) is 0 Å². The van der Waals surface area contributed by atoms with E-state index >= 15 is 0 Å². The molecule has 21 heavy (non-hydrogen) atoms. The highest BCUT2D eigenvalue weighted by Gasteiger charge is 2.41. The molecule has 7 nitrogen and oxygen atoms in total. The Balaban J connectivity index is 2.08. The summed E-state index contributed by atoms with van der Waals surface area (Å²) < 4.78 is 12.4. The Morgan fingerprint density at radius 3 is 2.95 bits per heavy atom. The minimum atomic E-state index is -0.505. The van der Waals surface area contributed by atoms with Crippen LogP contribution in [0.3, 0.4) is 0 Å². The van der Waals surface area contributed by atoms with Gasteiger partial charge in [0.05, 0.1) is 25.8 Å². The molecule has 1 aromatic heterocycles. The minimum absolute atomic E-state index is 0.0356. The second-order valence-corrected chi connectivity index (χ2v) is 5.43. The predicted octanol–water partition coefficient (Wildman–Crippen LogP) is 0.0795. The van der Waals surface area contributed by atoms with E-state index in [2.05, 4.69) is 0 Å². The van der Waals surface area contributed by atoms with Gasteiger partial charge in [-0.25, -0.2) is 0 Å². The monoisotopic (exact) mass is 294 g/mol. The highest BCUT2D eigenvalue weighted by Crippen LogP contribution is 2.29. The molecule has 2 aliphatic heterocycles. The molecule has 1 fully saturated rings. The lowest BCUT2D eigenvalue weighted by molar-refractivity contribution is -0.125. The maximum atomic E-state index is 12.7.